The molecule has 0 fully saturated rings. The number of aliphatic hydroxyl groups is 1. The molecular formula is C8H7BrO3. The maximum Gasteiger partial charge on any atom is 0.264 e. The quantitative estimate of drug-likeness (QED) is 0.796. The molecule has 3 nitrogen and oxygen atoms in total. The molecule has 1 aliphatic rings. The van der Waals surface area contributed by atoms with Crippen LogP contribution in [0.2, 0.25) is 0 Å². The summed E-state index contributed by atoms with van der Waals surface area (Å²) in [6, 6.07) is 5.52. The monoisotopic (exact) mass is 230 g/mol. The van der Waals surface area contributed by atoms with E-state index in [9.17, 15) is 0 Å². The third-order valence-corrected chi connectivity index (χ3v) is 2.21. The zero-order valence-corrected chi connectivity index (χ0v) is 7.74. The fourth-order valence-corrected chi connectivity index (χ4v) is 1.51. The SMILES string of the molecule is OCC1Oc2cccc(Br)c2O1. The van der Waals surface area contributed by atoms with E-state index in [4.69, 9.17) is 14.6 Å². The van der Waals surface area contributed by atoms with Gasteiger partial charge in [-0.25, -0.2) is 0 Å². The Balaban J connectivity index is 2.35. The molecule has 0 radical (unpaired) electrons. The van der Waals surface area contributed by atoms with Crippen LogP contribution in [0.4, 0.5) is 0 Å². The summed E-state index contributed by atoms with van der Waals surface area (Å²) < 4.78 is 11.3. The molecule has 1 aliphatic heterocycles. The van der Waals surface area contributed by atoms with Gasteiger partial charge < -0.3 is 14.6 Å². The number of ether oxygens (including phenoxy) is 2. The molecule has 0 spiro atoms. The summed E-state index contributed by atoms with van der Waals surface area (Å²) in [6.45, 7) is -0.138. The van der Waals surface area contributed by atoms with E-state index in [1.807, 2.05) is 12.1 Å². The van der Waals surface area contributed by atoms with Gasteiger partial charge in [-0.3, -0.25) is 0 Å². The molecule has 4 heteroatoms. The third kappa shape index (κ3) is 1.17. The molecule has 0 amide bonds. The van der Waals surface area contributed by atoms with Gasteiger partial charge >= 0.3 is 0 Å². The van der Waals surface area contributed by atoms with Crippen molar-refractivity contribution in [2.75, 3.05) is 6.61 Å². The van der Waals surface area contributed by atoms with Gasteiger partial charge in [-0.15, -0.1) is 0 Å². The minimum Gasteiger partial charge on any atom is -0.448 e. The first kappa shape index (κ1) is 7.89. The summed E-state index contributed by atoms with van der Waals surface area (Å²) >= 11 is 3.32. The molecule has 64 valence electrons. The van der Waals surface area contributed by atoms with Gasteiger partial charge in [0.15, 0.2) is 11.5 Å². The topological polar surface area (TPSA) is 38.7 Å². The second kappa shape index (κ2) is 2.95. The van der Waals surface area contributed by atoms with Crippen molar-refractivity contribution in [1.82, 2.24) is 0 Å². The average Bonchev–Trinajstić information content (AvgIpc) is 2.49. The van der Waals surface area contributed by atoms with Crippen LogP contribution in [0.5, 0.6) is 11.5 Å². The van der Waals surface area contributed by atoms with Crippen molar-refractivity contribution in [1.29, 1.82) is 0 Å². The van der Waals surface area contributed by atoms with Gasteiger partial charge in [-0.2, -0.15) is 0 Å². The van der Waals surface area contributed by atoms with Crippen molar-refractivity contribution in [2.24, 2.45) is 0 Å². The number of benzene rings is 1. The lowest BCUT2D eigenvalue weighted by Crippen LogP contribution is -2.22. The van der Waals surface area contributed by atoms with E-state index in [1.165, 1.54) is 0 Å². The van der Waals surface area contributed by atoms with Gasteiger partial charge in [0.2, 0.25) is 0 Å². The molecule has 0 aliphatic carbocycles. The van der Waals surface area contributed by atoms with Crippen LogP contribution in [0.15, 0.2) is 22.7 Å². The van der Waals surface area contributed by atoms with Crippen LogP contribution in [0.25, 0.3) is 0 Å². The second-order valence-electron chi connectivity index (χ2n) is 2.41. The van der Waals surface area contributed by atoms with Gasteiger partial charge in [0.25, 0.3) is 6.29 Å². The maximum absolute atomic E-state index is 8.76. The Morgan fingerprint density at radius 1 is 1.42 bits per heavy atom. The summed E-state index contributed by atoms with van der Waals surface area (Å²) in [7, 11) is 0. The predicted molar refractivity (Wildman–Crippen MR) is 46.3 cm³/mol. The molecule has 12 heavy (non-hydrogen) atoms. The van der Waals surface area contributed by atoms with Crippen LogP contribution in [-0.2, 0) is 0 Å². The lowest BCUT2D eigenvalue weighted by atomic mass is 10.3. The van der Waals surface area contributed by atoms with Crippen molar-refractivity contribution < 1.29 is 14.6 Å². The van der Waals surface area contributed by atoms with Gasteiger partial charge in [0, 0.05) is 0 Å². The van der Waals surface area contributed by atoms with Crippen LogP contribution in [-0.4, -0.2) is 18.0 Å². The minimum atomic E-state index is -0.557. The molecule has 0 bridgehead atoms. The Hall–Kier alpha value is -0.740. The van der Waals surface area contributed by atoms with Crippen molar-refractivity contribution >= 4 is 15.9 Å². The van der Waals surface area contributed by atoms with Crippen molar-refractivity contribution in [3.05, 3.63) is 22.7 Å². The molecule has 1 atom stereocenters. The molecule has 1 N–H and O–H groups in total. The smallest absolute Gasteiger partial charge is 0.264 e. The highest BCUT2D eigenvalue weighted by Crippen LogP contribution is 2.40. The Morgan fingerprint density at radius 2 is 2.25 bits per heavy atom. The van der Waals surface area contributed by atoms with E-state index < -0.39 is 6.29 Å². The van der Waals surface area contributed by atoms with Gasteiger partial charge in [-0.05, 0) is 28.1 Å². The van der Waals surface area contributed by atoms with E-state index in [2.05, 4.69) is 15.9 Å². The molecule has 0 aromatic heterocycles. The third-order valence-electron chi connectivity index (χ3n) is 1.59. The molecule has 0 saturated heterocycles. The highest BCUT2D eigenvalue weighted by Gasteiger charge is 2.24. The minimum absolute atomic E-state index is 0.138. The molecule has 1 aromatic rings. The van der Waals surface area contributed by atoms with Crippen LogP contribution in [0, 0.1) is 0 Å². The number of hydrogen-bond donors (Lipinski definition) is 1. The van der Waals surface area contributed by atoms with Crippen molar-refractivity contribution in [3.63, 3.8) is 0 Å². The first-order chi connectivity index (χ1) is 5.81. The van der Waals surface area contributed by atoms with Crippen molar-refractivity contribution in [3.8, 4) is 11.5 Å². The van der Waals surface area contributed by atoms with Crippen LogP contribution in [0.3, 0.4) is 0 Å². The summed E-state index contributed by atoms with van der Waals surface area (Å²) in [5.41, 5.74) is 0. The number of para-hydroxylation sites is 1. The summed E-state index contributed by atoms with van der Waals surface area (Å²) in [4.78, 5) is 0. The first-order valence-corrected chi connectivity index (χ1v) is 4.33. The van der Waals surface area contributed by atoms with Crippen LogP contribution < -0.4 is 9.47 Å². The molecule has 0 saturated carbocycles. The molecule has 1 unspecified atom stereocenters. The normalized spacial score (nSPS) is 19.7. The van der Waals surface area contributed by atoms with E-state index in [-0.39, 0.29) is 6.61 Å². The molecular weight excluding hydrogens is 224 g/mol. The fourth-order valence-electron chi connectivity index (χ4n) is 1.07. The highest BCUT2D eigenvalue weighted by atomic mass is 79.9. The number of aliphatic hydroxyl groups excluding tert-OH is 1. The zero-order chi connectivity index (χ0) is 8.55. The Morgan fingerprint density at radius 3 is 2.92 bits per heavy atom. The Labute approximate surface area is 78.0 Å². The number of rotatable bonds is 1. The number of halogens is 1. The molecule has 1 aromatic carbocycles. The zero-order valence-electron chi connectivity index (χ0n) is 6.16. The van der Waals surface area contributed by atoms with Crippen LogP contribution in [0.1, 0.15) is 0 Å². The molecule has 2 rings (SSSR count). The summed E-state index contributed by atoms with van der Waals surface area (Å²) in [5, 5.41) is 8.76. The summed E-state index contributed by atoms with van der Waals surface area (Å²) in [5.74, 6) is 1.33. The van der Waals surface area contributed by atoms with Gasteiger partial charge in [0.05, 0.1) is 4.47 Å². The number of hydrogen-bond acceptors (Lipinski definition) is 3. The lowest BCUT2D eigenvalue weighted by Gasteiger charge is -2.04. The standard InChI is InChI=1S/C8H7BrO3/c9-5-2-1-3-6-8(5)12-7(4-10)11-6/h1-3,7,10H,4H2. The van der Waals surface area contributed by atoms with Gasteiger partial charge in [-0.1, -0.05) is 6.07 Å². The Kier molecular flexibility index (Phi) is 1.94. The Bertz CT molecular complexity index is 300. The highest BCUT2D eigenvalue weighted by molar-refractivity contribution is 9.10. The van der Waals surface area contributed by atoms with E-state index in [1.54, 1.807) is 6.07 Å². The second-order valence-corrected chi connectivity index (χ2v) is 3.27. The molecule has 1 heterocycles. The lowest BCUT2D eigenvalue weighted by molar-refractivity contribution is -0.00104. The van der Waals surface area contributed by atoms with E-state index in [0.717, 1.165) is 4.47 Å². The van der Waals surface area contributed by atoms with E-state index >= 15 is 0 Å². The summed E-state index contributed by atoms with van der Waals surface area (Å²) in [6.07, 6.45) is -0.557. The van der Waals surface area contributed by atoms with Crippen LogP contribution >= 0.6 is 15.9 Å². The first-order valence-electron chi connectivity index (χ1n) is 3.54. The predicted octanol–water partition coefficient (Wildman–Crippen LogP) is 1.54. The maximum atomic E-state index is 8.76. The van der Waals surface area contributed by atoms with Crippen molar-refractivity contribution in [2.45, 2.75) is 6.29 Å². The fraction of sp³-hybridized carbons (Fsp3) is 0.250. The van der Waals surface area contributed by atoms with Gasteiger partial charge in [0.1, 0.15) is 6.61 Å². The largest absolute Gasteiger partial charge is 0.448 e. The number of fused-ring (bicyclic) bond motifs is 1. The van der Waals surface area contributed by atoms with E-state index in [0.29, 0.717) is 11.5 Å². The average molecular weight is 231 g/mol.